The highest BCUT2D eigenvalue weighted by Gasteiger charge is 2.05. The summed E-state index contributed by atoms with van der Waals surface area (Å²) in [7, 11) is 1.67. The first kappa shape index (κ1) is 8.74. The molecular weight excluding hydrogens is 180 g/mol. The lowest BCUT2D eigenvalue weighted by Gasteiger charge is -1.96. The number of carbonyl (C=O) groups excluding carboxylic acids is 1. The number of benzene rings is 1. The van der Waals surface area contributed by atoms with Crippen molar-refractivity contribution in [1.29, 1.82) is 0 Å². The first-order valence-corrected chi connectivity index (χ1v) is 4.14. The van der Waals surface area contributed by atoms with Crippen molar-refractivity contribution in [3.8, 4) is 0 Å². The monoisotopic (exact) mass is 189 g/mol. The lowest BCUT2D eigenvalue weighted by Crippen LogP contribution is -2.11. The van der Waals surface area contributed by atoms with Crippen LogP contribution in [0.1, 0.15) is 10.4 Å². The summed E-state index contributed by atoms with van der Waals surface area (Å²) in [5.41, 5.74) is 1.75. The van der Waals surface area contributed by atoms with Crippen molar-refractivity contribution in [3.63, 3.8) is 0 Å². The second-order valence-corrected chi connectivity index (χ2v) is 3.14. The fourth-order valence-corrected chi connectivity index (χ4v) is 1.41. The second kappa shape index (κ2) is 2.83. The minimum atomic E-state index is -0.253. The van der Waals surface area contributed by atoms with E-state index in [1.54, 1.807) is 25.2 Å². The molecule has 0 unspecified atom stereocenters. The van der Waals surface area contributed by atoms with Gasteiger partial charge in [-0.15, -0.1) is 0 Å². The summed E-state index contributed by atoms with van der Waals surface area (Å²) >= 11 is 0. The molecule has 2 rings (SSSR count). The SMILES string of the molecule is [CH2]C(=O)c1ccc2c(c1)[nH]c(=O)n2C. The van der Waals surface area contributed by atoms with Gasteiger partial charge in [-0.05, 0) is 18.2 Å². The molecule has 0 fully saturated rings. The molecular formula is C10H9N2O2. The molecule has 0 spiro atoms. The first-order chi connectivity index (χ1) is 6.59. The third-order valence-electron chi connectivity index (χ3n) is 2.23. The minimum Gasteiger partial charge on any atom is -0.306 e. The number of aromatic amines is 1. The molecule has 4 nitrogen and oxygen atoms in total. The maximum absolute atomic E-state index is 11.2. The smallest absolute Gasteiger partial charge is 0.306 e. The molecule has 0 aliphatic carbocycles. The third kappa shape index (κ3) is 1.16. The quantitative estimate of drug-likeness (QED) is 0.677. The number of aromatic nitrogens is 2. The Labute approximate surface area is 80.2 Å². The van der Waals surface area contributed by atoms with E-state index in [0.29, 0.717) is 11.1 Å². The van der Waals surface area contributed by atoms with Gasteiger partial charge in [-0.3, -0.25) is 9.36 Å². The Morgan fingerprint density at radius 2 is 2.21 bits per heavy atom. The van der Waals surface area contributed by atoms with Crippen molar-refractivity contribution in [1.82, 2.24) is 9.55 Å². The summed E-state index contributed by atoms with van der Waals surface area (Å²) in [6.45, 7) is 3.31. The summed E-state index contributed by atoms with van der Waals surface area (Å²) < 4.78 is 1.49. The Bertz CT molecular complexity index is 563. The van der Waals surface area contributed by atoms with Crippen LogP contribution in [0.4, 0.5) is 0 Å². The summed E-state index contributed by atoms with van der Waals surface area (Å²) in [4.78, 5) is 24.8. The van der Waals surface area contributed by atoms with Crippen LogP contribution in [-0.2, 0) is 7.05 Å². The summed E-state index contributed by atoms with van der Waals surface area (Å²) in [6, 6.07) is 5.02. The number of nitrogens with zero attached hydrogens (tertiary/aromatic N) is 1. The van der Waals surface area contributed by atoms with Crippen molar-refractivity contribution in [2.45, 2.75) is 0 Å². The average molecular weight is 189 g/mol. The molecule has 0 amide bonds. The normalized spacial score (nSPS) is 10.7. The predicted molar refractivity (Wildman–Crippen MR) is 53.2 cm³/mol. The average Bonchev–Trinajstić information content (AvgIpc) is 2.42. The summed E-state index contributed by atoms with van der Waals surface area (Å²) in [5, 5.41) is 0. The van der Waals surface area contributed by atoms with E-state index in [1.165, 1.54) is 4.57 Å². The number of rotatable bonds is 1. The molecule has 4 heteroatoms. The van der Waals surface area contributed by atoms with Crippen LogP contribution >= 0.6 is 0 Å². The number of imidazole rings is 1. The Morgan fingerprint density at radius 1 is 1.50 bits per heavy atom. The maximum atomic E-state index is 11.2. The highest BCUT2D eigenvalue weighted by molar-refractivity contribution is 6.01. The van der Waals surface area contributed by atoms with Crippen LogP contribution in [0.2, 0.25) is 0 Å². The lowest BCUT2D eigenvalue weighted by atomic mass is 10.1. The van der Waals surface area contributed by atoms with E-state index in [1.807, 2.05) is 0 Å². The van der Waals surface area contributed by atoms with E-state index in [-0.39, 0.29) is 11.5 Å². The van der Waals surface area contributed by atoms with Gasteiger partial charge in [-0.2, -0.15) is 0 Å². The van der Waals surface area contributed by atoms with Gasteiger partial charge in [-0.25, -0.2) is 4.79 Å². The van der Waals surface area contributed by atoms with Gasteiger partial charge in [0.15, 0.2) is 5.78 Å². The van der Waals surface area contributed by atoms with Crippen molar-refractivity contribution in [2.24, 2.45) is 7.05 Å². The van der Waals surface area contributed by atoms with Crippen molar-refractivity contribution in [3.05, 3.63) is 41.2 Å². The lowest BCUT2D eigenvalue weighted by molar-refractivity contribution is 0.104. The van der Waals surface area contributed by atoms with E-state index in [4.69, 9.17) is 0 Å². The number of H-pyrrole nitrogens is 1. The van der Waals surface area contributed by atoms with Crippen LogP contribution in [0.3, 0.4) is 0 Å². The van der Waals surface area contributed by atoms with E-state index in [0.717, 1.165) is 5.52 Å². The van der Waals surface area contributed by atoms with E-state index < -0.39 is 0 Å². The van der Waals surface area contributed by atoms with Gasteiger partial charge in [0.2, 0.25) is 0 Å². The van der Waals surface area contributed by atoms with Crippen molar-refractivity contribution in [2.75, 3.05) is 0 Å². The second-order valence-electron chi connectivity index (χ2n) is 3.14. The molecule has 0 aliphatic rings. The van der Waals surface area contributed by atoms with Gasteiger partial charge in [0.05, 0.1) is 11.0 Å². The fraction of sp³-hybridized carbons (Fsp3) is 0.100. The van der Waals surface area contributed by atoms with Crippen LogP contribution in [0.15, 0.2) is 23.0 Å². The van der Waals surface area contributed by atoms with Gasteiger partial charge >= 0.3 is 5.69 Å². The van der Waals surface area contributed by atoms with Gasteiger partial charge in [0.1, 0.15) is 0 Å². The number of nitrogens with one attached hydrogen (secondary N) is 1. The highest BCUT2D eigenvalue weighted by Crippen LogP contribution is 2.11. The Balaban J connectivity index is 2.80. The molecule has 0 atom stereocenters. The molecule has 1 N–H and O–H groups in total. The molecule has 71 valence electrons. The summed E-state index contributed by atoms with van der Waals surface area (Å²) in [6.07, 6.45) is 0. The fourth-order valence-electron chi connectivity index (χ4n) is 1.41. The van der Waals surface area contributed by atoms with Crippen LogP contribution in [0, 0.1) is 6.92 Å². The third-order valence-corrected chi connectivity index (χ3v) is 2.23. The molecule has 0 aliphatic heterocycles. The zero-order chi connectivity index (χ0) is 10.3. The van der Waals surface area contributed by atoms with Gasteiger partial charge in [0, 0.05) is 19.5 Å². The number of fused-ring (bicyclic) bond motifs is 1. The van der Waals surface area contributed by atoms with Gasteiger partial charge in [0.25, 0.3) is 0 Å². The molecule has 0 saturated heterocycles. The molecule has 14 heavy (non-hydrogen) atoms. The van der Waals surface area contributed by atoms with Crippen LogP contribution in [0.5, 0.6) is 0 Å². The number of aryl methyl sites for hydroxylation is 1. The topological polar surface area (TPSA) is 54.9 Å². The zero-order valence-electron chi connectivity index (χ0n) is 7.70. The minimum absolute atomic E-state index is 0.186. The van der Waals surface area contributed by atoms with Gasteiger partial charge in [-0.1, -0.05) is 0 Å². The largest absolute Gasteiger partial charge is 0.326 e. The number of Topliss-reactive ketones (excluding diaryl/α,β-unsaturated/α-hetero) is 1. The highest BCUT2D eigenvalue weighted by atomic mass is 16.1. The molecule has 2 aromatic rings. The number of ketones is 1. The molecule has 0 bridgehead atoms. The van der Waals surface area contributed by atoms with Crippen molar-refractivity contribution >= 4 is 16.8 Å². The van der Waals surface area contributed by atoms with E-state index in [9.17, 15) is 9.59 Å². The van der Waals surface area contributed by atoms with Crippen molar-refractivity contribution < 1.29 is 4.79 Å². The molecule has 1 aromatic heterocycles. The standard InChI is InChI=1S/C10H9N2O2/c1-6(13)7-3-4-9-8(5-7)11-10(14)12(9)2/h3-5H,1H2,2H3,(H,11,14). The maximum Gasteiger partial charge on any atom is 0.326 e. The Hall–Kier alpha value is -1.84. The molecule has 1 aromatic carbocycles. The summed E-state index contributed by atoms with van der Waals surface area (Å²) in [5.74, 6) is -0.253. The predicted octanol–water partition coefficient (Wildman–Crippen LogP) is 0.883. The number of hydrogen-bond acceptors (Lipinski definition) is 2. The van der Waals surface area contributed by atoms with E-state index in [2.05, 4.69) is 11.9 Å². The Kier molecular flexibility index (Phi) is 1.77. The number of carbonyl (C=O) groups is 1. The first-order valence-electron chi connectivity index (χ1n) is 4.14. The molecule has 0 saturated carbocycles. The van der Waals surface area contributed by atoms with Crippen LogP contribution < -0.4 is 5.69 Å². The van der Waals surface area contributed by atoms with Gasteiger partial charge < -0.3 is 4.98 Å². The van der Waals surface area contributed by atoms with E-state index >= 15 is 0 Å². The Morgan fingerprint density at radius 3 is 2.86 bits per heavy atom. The van der Waals surface area contributed by atoms with Crippen LogP contribution in [0.25, 0.3) is 11.0 Å². The van der Waals surface area contributed by atoms with Crippen LogP contribution in [-0.4, -0.2) is 15.3 Å². The molecule has 1 heterocycles. The molecule has 1 radical (unpaired) electrons. The zero-order valence-corrected chi connectivity index (χ0v) is 7.70. The number of hydrogen-bond donors (Lipinski definition) is 1.